The van der Waals surface area contributed by atoms with Gasteiger partial charge in [0.15, 0.2) is 0 Å². The average Bonchev–Trinajstić information content (AvgIpc) is 3.00. The second-order valence-corrected chi connectivity index (χ2v) is 6.34. The lowest BCUT2D eigenvalue weighted by Crippen LogP contribution is -2.34. The van der Waals surface area contributed by atoms with Gasteiger partial charge in [-0.2, -0.15) is 0 Å². The van der Waals surface area contributed by atoms with Crippen LogP contribution < -0.4 is 5.32 Å². The molecule has 1 aromatic heterocycles. The number of hydrogen-bond acceptors (Lipinski definition) is 5. The highest BCUT2D eigenvalue weighted by molar-refractivity contribution is 5.51. The van der Waals surface area contributed by atoms with Crippen LogP contribution in [0.15, 0.2) is 34.9 Å². The van der Waals surface area contributed by atoms with Crippen molar-refractivity contribution in [2.45, 2.75) is 32.9 Å². The number of aliphatic hydroxyl groups is 1. The highest BCUT2D eigenvalue weighted by Crippen LogP contribution is 2.22. The molecule has 0 saturated carbocycles. The Hall–Kier alpha value is -1.85. The molecule has 0 aliphatic carbocycles. The molecule has 0 bridgehead atoms. The Balaban J connectivity index is 1.59. The van der Waals surface area contributed by atoms with E-state index in [1.165, 1.54) is 5.56 Å². The van der Waals surface area contributed by atoms with E-state index in [4.69, 9.17) is 4.52 Å². The Morgan fingerprint density at radius 2 is 2.09 bits per heavy atom. The number of nitrogens with one attached hydrogen (secondary N) is 1. The second-order valence-electron chi connectivity index (χ2n) is 6.34. The van der Waals surface area contributed by atoms with E-state index in [0.29, 0.717) is 19.1 Å². The maximum absolute atomic E-state index is 9.25. The van der Waals surface area contributed by atoms with E-state index in [0.717, 1.165) is 49.6 Å². The summed E-state index contributed by atoms with van der Waals surface area (Å²) in [6.45, 7) is 5.95. The first-order chi connectivity index (χ1) is 11.2. The molecule has 1 saturated heterocycles. The van der Waals surface area contributed by atoms with Crippen LogP contribution in [0.3, 0.4) is 0 Å². The predicted octanol–water partition coefficient (Wildman–Crippen LogP) is 2.80. The molecule has 0 amide bonds. The summed E-state index contributed by atoms with van der Waals surface area (Å²) in [5.41, 5.74) is 3.37. The fourth-order valence-electron chi connectivity index (χ4n) is 3.09. The van der Waals surface area contributed by atoms with Gasteiger partial charge in [0.25, 0.3) is 0 Å². The highest BCUT2D eigenvalue weighted by atomic mass is 16.5. The van der Waals surface area contributed by atoms with Crippen molar-refractivity contribution in [2.24, 2.45) is 5.92 Å². The quantitative estimate of drug-likeness (QED) is 0.858. The molecule has 0 atom stereocenters. The van der Waals surface area contributed by atoms with Crippen LogP contribution in [0.1, 0.15) is 29.9 Å². The van der Waals surface area contributed by atoms with Gasteiger partial charge in [0.1, 0.15) is 11.5 Å². The van der Waals surface area contributed by atoms with Gasteiger partial charge < -0.3 is 14.9 Å². The van der Waals surface area contributed by atoms with Gasteiger partial charge in [-0.15, -0.1) is 0 Å². The van der Waals surface area contributed by atoms with Crippen LogP contribution in [-0.4, -0.2) is 34.9 Å². The smallest absolute Gasteiger partial charge is 0.133 e. The Kier molecular flexibility index (Phi) is 5.31. The number of rotatable bonds is 6. The zero-order chi connectivity index (χ0) is 16.1. The van der Waals surface area contributed by atoms with E-state index < -0.39 is 0 Å². The summed E-state index contributed by atoms with van der Waals surface area (Å²) in [5.74, 6) is 1.32. The van der Waals surface area contributed by atoms with Crippen LogP contribution in [-0.2, 0) is 13.1 Å². The van der Waals surface area contributed by atoms with Gasteiger partial charge in [-0.1, -0.05) is 23.4 Å². The van der Waals surface area contributed by atoms with E-state index in [1.807, 2.05) is 13.0 Å². The maximum Gasteiger partial charge on any atom is 0.133 e. The van der Waals surface area contributed by atoms with Crippen LogP contribution in [0.4, 0.5) is 5.69 Å². The van der Waals surface area contributed by atoms with Crippen LogP contribution in [0.2, 0.25) is 0 Å². The number of nitrogens with zero attached hydrogens (tertiary/aromatic N) is 2. The van der Waals surface area contributed by atoms with Crippen LogP contribution in [0, 0.1) is 12.8 Å². The van der Waals surface area contributed by atoms with E-state index in [2.05, 4.69) is 39.6 Å². The summed E-state index contributed by atoms with van der Waals surface area (Å²) < 4.78 is 5.11. The number of aryl methyl sites for hydroxylation is 1. The molecule has 2 heterocycles. The molecule has 0 unspecified atom stereocenters. The zero-order valence-electron chi connectivity index (χ0n) is 13.7. The number of piperidine rings is 1. The van der Waals surface area contributed by atoms with Crippen molar-refractivity contribution in [3.63, 3.8) is 0 Å². The molecule has 3 rings (SSSR count). The summed E-state index contributed by atoms with van der Waals surface area (Å²) in [6.07, 6.45) is 2.18. The van der Waals surface area contributed by atoms with Crippen molar-refractivity contribution in [3.8, 4) is 0 Å². The first kappa shape index (κ1) is 16.0. The topological polar surface area (TPSA) is 61.5 Å². The van der Waals surface area contributed by atoms with Crippen LogP contribution in [0.5, 0.6) is 0 Å². The Morgan fingerprint density at radius 1 is 1.30 bits per heavy atom. The minimum atomic E-state index is 0.323. The van der Waals surface area contributed by atoms with Gasteiger partial charge in [-0.25, -0.2) is 0 Å². The highest BCUT2D eigenvalue weighted by Gasteiger charge is 2.19. The van der Waals surface area contributed by atoms with E-state index >= 15 is 0 Å². The van der Waals surface area contributed by atoms with Crippen LogP contribution >= 0.6 is 0 Å². The predicted molar refractivity (Wildman–Crippen MR) is 90.1 cm³/mol. The summed E-state index contributed by atoms with van der Waals surface area (Å²) in [7, 11) is 0. The van der Waals surface area contributed by atoms with Crippen molar-refractivity contribution in [3.05, 3.63) is 47.3 Å². The summed E-state index contributed by atoms with van der Waals surface area (Å²) >= 11 is 0. The zero-order valence-corrected chi connectivity index (χ0v) is 13.7. The van der Waals surface area contributed by atoms with Crippen molar-refractivity contribution < 1.29 is 9.63 Å². The molecule has 0 spiro atoms. The Morgan fingerprint density at radius 3 is 2.78 bits per heavy atom. The minimum Gasteiger partial charge on any atom is -0.396 e. The number of likely N-dealkylation sites (tertiary alicyclic amines) is 1. The number of hydrogen-bond donors (Lipinski definition) is 2. The van der Waals surface area contributed by atoms with Gasteiger partial charge in [-0.05, 0) is 50.4 Å². The SMILES string of the molecule is Cc1cc(CNc2ccccc2CN2CCC(CO)CC2)no1. The molecule has 124 valence electrons. The third kappa shape index (κ3) is 4.33. The summed E-state index contributed by atoms with van der Waals surface area (Å²) in [6, 6.07) is 10.4. The Bertz CT molecular complexity index is 618. The molecular formula is C18H25N3O2. The Labute approximate surface area is 137 Å². The molecule has 2 aromatic rings. The number of para-hydroxylation sites is 1. The van der Waals surface area contributed by atoms with Crippen molar-refractivity contribution in [1.82, 2.24) is 10.1 Å². The second kappa shape index (κ2) is 7.62. The van der Waals surface area contributed by atoms with Gasteiger partial charge in [0.2, 0.25) is 0 Å². The van der Waals surface area contributed by atoms with E-state index in [-0.39, 0.29) is 0 Å². The van der Waals surface area contributed by atoms with Gasteiger partial charge in [-0.3, -0.25) is 4.90 Å². The van der Waals surface area contributed by atoms with Gasteiger partial charge in [0.05, 0.1) is 6.54 Å². The number of benzene rings is 1. The normalized spacial score (nSPS) is 16.6. The first-order valence-corrected chi connectivity index (χ1v) is 8.32. The van der Waals surface area contributed by atoms with Gasteiger partial charge in [0, 0.05) is 24.9 Å². The molecule has 0 radical (unpaired) electrons. The standard InChI is InChI=1S/C18H25N3O2/c1-14-10-17(20-23-14)11-19-18-5-3-2-4-16(18)12-21-8-6-15(13-22)7-9-21/h2-5,10,15,19,22H,6-9,11-13H2,1H3. The van der Waals surface area contributed by atoms with Crippen molar-refractivity contribution in [1.29, 1.82) is 0 Å². The van der Waals surface area contributed by atoms with Crippen molar-refractivity contribution >= 4 is 5.69 Å². The van der Waals surface area contributed by atoms with Gasteiger partial charge >= 0.3 is 0 Å². The minimum absolute atomic E-state index is 0.323. The largest absolute Gasteiger partial charge is 0.396 e. The molecule has 2 N–H and O–H groups in total. The maximum atomic E-state index is 9.25. The molecule has 1 aromatic carbocycles. The molecule has 1 aliphatic rings. The van der Waals surface area contributed by atoms with E-state index in [9.17, 15) is 5.11 Å². The lowest BCUT2D eigenvalue weighted by molar-refractivity contribution is 0.127. The van der Waals surface area contributed by atoms with E-state index in [1.54, 1.807) is 0 Å². The monoisotopic (exact) mass is 315 g/mol. The summed E-state index contributed by atoms with van der Waals surface area (Å²) in [4.78, 5) is 2.47. The average molecular weight is 315 g/mol. The molecule has 5 nitrogen and oxygen atoms in total. The molecular weight excluding hydrogens is 290 g/mol. The fraction of sp³-hybridized carbons (Fsp3) is 0.500. The fourth-order valence-corrected chi connectivity index (χ4v) is 3.09. The number of anilines is 1. The first-order valence-electron chi connectivity index (χ1n) is 8.32. The molecule has 5 heteroatoms. The molecule has 1 fully saturated rings. The lowest BCUT2D eigenvalue weighted by Gasteiger charge is -2.31. The van der Waals surface area contributed by atoms with Crippen LogP contribution in [0.25, 0.3) is 0 Å². The lowest BCUT2D eigenvalue weighted by atomic mass is 9.97. The molecule has 1 aliphatic heterocycles. The third-order valence-electron chi connectivity index (χ3n) is 4.51. The number of aliphatic hydroxyl groups excluding tert-OH is 1. The van der Waals surface area contributed by atoms with Crippen molar-refractivity contribution in [2.75, 3.05) is 25.0 Å². The molecule has 23 heavy (non-hydrogen) atoms. The summed E-state index contributed by atoms with van der Waals surface area (Å²) in [5, 5.41) is 16.7. The number of aromatic nitrogens is 1. The third-order valence-corrected chi connectivity index (χ3v) is 4.51.